The smallest absolute Gasteiger partial charge is 0.335 e. The number of benzene rings is 3. The largest absolute Gasteiger partial charge is 0.478 e. The average molecular weight is 365 g/mol. The minimum atomic E-state index is -0.904. The van der Waals surface area contributed by atoms with Crippen LogP contribution in [-0.2, 0) is 12.8 Å². The number of carbonyl (C=O) groups is 1. The number of hydrogen-bond donors (Lipinski definition) is 1. The van der Waals surface area contributed by atoms with Crippen molar-refractivity contribution in [3.05, 3.63) is 102 Å². The van der Waals surface area contributed by atoms with Gasteiger partial charge in [0.2, 0.25) is 0 Å². The minimum absolute atomic E-state index is 0.302. The summed E-state index contributed by atoms with van der Waals surface area (Å²) in [7, 11) is 0. The average Bonchev–Trinajstić information content (AvgIpc) is 3.14. The van der Waals surface area contributed by atoms with Crippen molar-refractivity contribution in [2.24, 2.45) is 0 Å². The summed E-state index contributed by atoms with van der Waals surface area (Å²) in [5.41, 5.74) is 8.78. The third-order valence-electron chi connectivity index (χ3n) is 5.48. The standard InChI is InChI=1S/C25H19NO2/c27-25(28)19-12-10-18(11-13-19)24-16-22-21-9-5-4-6-17(21)14-15-23(22)26(24)20-7-2-1-3-8-20/h1-13,16H,14-15H2,(H,27,28). The Hall–Kier alpha value is -3.59. The van der Waals surface area contributed by atoms with E-state index in [0.29, 0.717) is 5.56 Å². The Morgan fingerprint density at radius 3 is 2.25 bits per heavy atom. The van der Waals surface area contributed by atoms with Gasteiger partial charge in [0.25, 0.3) is 0 Å². The lowest BCUT2D eigenvalue weighted by molar-refractivity contribution is 0.0697. The number of aromatic nitrogens is 1. The molecule has 1 aliphatic rings. The molecule has 0 fully saturated rings. The molecule has 3 nitrogen and oxygen atoms in total. The maximum atomic E-state index is 11.2. The van der Waals surface area contributed by atoms with E-state index in [2.05, 4.69) is 59.2 Å². The van der Waals surface area contributed by atoms with Gasteiger partial charge in [-0.2, -0.15) is 0 Å². The van der Waals surface area contributed by atoms with Crippen LogP contribution in [0.1, 0.15) is 21.6 Å². The van der Waals surface area contributed by atoms with Crippen molar-refractivity contribution in [3.63, 3.8) is 0 Å². The number of hydrogen-bond acceptors (Lipinski definition) is 1. The molecule has 0 amide bonds. The molecule has 5 rings (SSSR count). The van der Waals surface area contributed by atoms with E-state index >= 15 is 0 Å². The van der Waals surface area contributed by atoms with Gasteiger partial charge in [0.15, 0.2) is 0 Å². The van der Waals surface area contributed by atoms with E-state index in [1.54, 1.807) is 12.1 Å². The van der Waals surface area contributed by atoms with Crippen molar-refractivity contribution in [1.82, 2.24) is 4.57 Å². The lowest BCUT2D eigenvalue weighted by Gasteiger charge is -2.20. The fraction of sp³-hybridized carbons (Fsp3) is 0.0800. The van der Waals surface area contributed by atoms with Crippen molar-refractivity contribution >= 4 is 5.97 Å². The SMILES string of the molecule is O=C(O)c1ccc(-c2cc3c(n2-c2ccccc2)CCc2ccccc2-3)cc1. The van der Waals surface area contributed by atoms with E-state index in [1.165, 1.54) is 22.4 Å². The molecule has 136 valence electrons. The zero-order valence-corrected chi connectivity index (χ0v) is 15.3. The second-order valence-electron chi connectivity index (χ2n) is 7.10. The van der Waals surface area contributed by atoms with Gasteiger partial charge in [-0.15, -0.1) is 0 Å². The summed E-state index contributed by atoms with van der Waals surface area (Å²) in [5, 5.41) is 9.22. The van der Waals surface area contributed by atoms with Crippen molar-refractivity contribution in [3.8, 4) is 28.1 Å². The first-order valence-corrected chi connectivity index (χ1v) is 9.44. The van der Waals surface area contributed by atoms with Gasteiger partial charge in [-0.25, -0.2) is 4.79 Å². The van der Waals surface area contributed by atoms with Gasteiger partial charge < -0.3 is 9.67 Å². The Morgan fingerprint density at radius 1 is 0.786 bits per heavy atom. The van der Waals surface area contributed by atoms with Crippen LogP contribution in [0, 0.1) is 0 Å². The number of fused-ring (bicyclic) bond motifs is 3. The van der Waals surface area contributed by atoms with Crippen LogP contribution in [0.3, 0.4) is 0 Å². The fourth-order valence-corrected chi connectivity index (χ4v) is 4.15. The van der Waals surface area contributed by atoms with Crippen molar-refractivity contribution in [2.45, 2.75) is 12.8 Å². The highest BCUT2D eigenvalue weighted by Crippen LogP contribution is 2.40. The Balaban J connectivity index is 1.75. The van der Waals surface area contributed by atoms with Gasteiger partial charge in [-0.05, 0) is 59.9 Å². The molecule has 3 aromatic carbocycles. The molecule has 0 aliphatic heterocycles. The lowest BCUT2D eigenvalue weighted by Crippen LogP contribution is -2.08. The Bertz CT molecular complexity index is 1170. The molecule has 0 radical (unpaired) electrons. The molecule has 0 saturated heterocycles. The second-order valence-corrected chi connectivity index (χ2v) is 7.10. The molecular weight excluding hydrogens is 346 g/mol. The maximum absolute atomic E-state index is 11.2. The van der Waals surface area contributed by atoms with E-state index in [9.17, 15) is 9.90 Å². The molecule has 0 spiro atoms. The van der Waals surface area contributed by atoms with Crippen LogP contribution in [-0.4, -0.2) is 15.6 Å². The van der Waals surface area contributed by atoms with E-state index < -0.39 is 5.97 Å². The molecule has 1 N–H and O–H groups in total. The van der Waals surface area contributed by atoms with E-state index in [0.717, 1.165) is 29.8 Å². The van der Waals surface area contributed by atoms with Crippen LogP contribution < -0.4 is 0 Å². The zero-order chi connectivity index (χ0) is 19.1. The number of aromatic carboxylic acids is 1. The molecule has 0 bridgehead atoms. The Morgan fingerprint density at radius 2 is 1.50 bits per heavy atom. The summed E-state index contributed by atoms with van der Waals surface area (Å²) in [4.78, 5) is 11.2. The van der Waals surface area contributed by atoms with E-state index in [4.69, 9.17) is 0 Å². The first-order valence-electron chi connectivity index (χ1n) is 9.44. The van der Waals surface area contributed by atoms with Gasteiger partial charge in [-0.1, -0.05) is 54.6 Å². The van der Waals surface area contributed by atoms with Gasteiger partial charge in [0.05, 0.1) is 11.3 Å². The quantitative estimate of drug-likeness (QED) is 0.513. The normalized spacial score (nSPS) is 12.3. The van der Waals surface area contributed by atoms with E-state index in [-0.39, 0.29) is 0 Å². The first-order chi connectivity index (χ1) is 13.7. The summed E-state index contributed by atoms with van der Waals surface area (Å²) >= 11 is 0. The third kappa shape index (κ3) is 2.64. The zero-order valence-electron chi connectivity index (χ0n) is 15.3. The highest BCUT2D eigenvalue weighted by atomic mass is 16.4. The molecule has 0 unspecified atom stereocenters. The second kappa shape index (κ2) is 6.54. The number of aryl methyl sites for hydroxylation is 1. The number of carboxylic acids is 1. The molecular formula is C25H19NO2. The summed E-state index contributed by atoms with van der Waals surface area (Å²) in [6.07, 6.45) is 2.01. The van der Waals surface area contributed by atoms with Crippen LogP contribution in [0.25, 0.3) is 28.1 Å². The number of rotatable bonds is 3. The maximum Gasteiger partial charge on any atom is 0.335 e. The van der Waals surface area contributed by atoms with Crippen LogP contribution >= 0.6 is 0 Å². The van der Waals surface area contributed by atoms with Crippen molar-refractivity contribution in [1.29, 1.82) is 0 Å². The predicted octanol–water partition coefficient (Wildman–Crippen LogP) is 5.61. The molecule has 1 heterocycles. The Labute approximate surface area is 163 Å². The van der Waals surface area contributed by atoms with Gasteiger partial charge in [0.1, 0.15) is 0 Å². The van der Waals surface area contributed by atoms with Gasteiger partial charge >= 0.3 is 5.97 Å². The lowest BCUT2D eigenvalue weighted by atomic mass is 9.90. The predicted molar refractivity (Wildman–Crippen MR) is 111 cm³/mol. The van der Waals surface area contributed by atoms with Gasteiger partial charge in [0, 0.05) is 16.9 Å². The molecule has 28 heavy (non-hydrogen) atoms. The number of para-hydroxylation sites is 1. The van der Waals surface area contributed by atoms with Crippen LogP contribution in [0.5, 0.6) is 0 Å². The molecule has 0 saturated carbocycles. The van der Waals surface area contributed by atoms with Gasteiger partial charge in [-0.3, -0.25) is 0 Å². The van der Waals surface area contributed by atoms with Crippen LogP contribution in [0.4, 0.5) is 0 Å². The summed E-state index contributed by atoms with van der Waals surface area (Å²) in [6.45, 7) is 0. The number of nitrogens with zero attached hydrogens (tertiary/aromatic N) is 1. The monoisotopic (exact) mass is 365 g/mol. The van der Waals surface area contributed by atoms with Crippen molar-refractivity contribution in [2.75, 3.05) is 0 Å². The molecule has 0 atom stereocenters. The molecule has 1 aromatic heterocycles. The van der Waals surface area contributed by atoms with E-state index in [1.807, 2.05) is 18.2 Å². The minimum Gasteiger partial charge on any atom is -0.478 e. The molecule has 3 heteroatoms. The van der Waals surface area contributed by atoms with Crippen LogP contribution in [0.15, 0.2) is 84.9 Å². The molecule has 4 aromatic rings. The highest BCUT2D eigenvalue weighted by Gasteiger charge is 2.23. The summed E-state index contributed by atoms with van der Waals surface area (Å²) in [5.74, 6) is -0.904. The fourth-order valence-electron chi connectivity index (χ4n) is 4.15. The summed E-state index contributed by atoms with van der Waals surface area (Å²) in [6, 6.07) is 28.4. The Kier molecular flexibility index (Phi) is 3.87. The van der Waals surface area contributed by atoms with Crippen LogP contribution in [0.2, 0.25) is 0 Å². The highest BCUT2D eigenvalue weighted by molar-refractivity contribution is 5.88. The number of carboxylic acid groups (broad SMARTS) is 1. The van der Waals surface area contributed by atoms with Crippen molar-refractivity contribution < 1.29 is 9.90 Å². The summed E-state index contributed by atoms with van der Waals surface area (Å²) < 4.78 is 2.32. The molecule has 1 aliphatic carbocycles. The first kappa shape index (κ1) is 16.6. The third-order valence-corrected chi connectivity index (χ3v) is 5.48. The topological polar surface area (TPSA) is 42.2 Å².